The van der Waals surface area contributed by atoms with E-state index < -0.39 is 0 Å². The van der Waals surface area contributed by atoms with E-state index in [0.717, 1.165) is 17.0 Å². The molecule has 0 bridgehead atoms. The van der Waals surface area contributed by atoms with E-state index in [1.165, 1.54) is 5.56 Å². The molecule has 0 unspecified atom stereocenters. The van der Waals surface area contributed by atoms with Crippen molar-refractivity contribution in [3.8, 4) is 11.5 Å². The van der Waals surface area contributed by atoms with Crippen LogP contribution in [0.2, 0.25) is 5.02 Å². The molecule has 3 aromatic carbocycles. The van der Waals surface area contributed by atoms with Gasteiger partial charge in [-0.25, -0.2) is 0 Å². The van der Waals surface area contributed by atoms with E-state index in [1.54, 1.807) is 36.4 Å². The highest BCUT2D eigenvalue weighted by Crippen LogP contribution is 2.21. The molecule has 3 aromatic rings. The number of rotatable bonds is 7. The molecule has 0 saturated carbocycles. The van der Waals surface area contributed by atoms with Gasteiger partial charge in [-0.2, -0.15) is 0 Å². The second-order valence-corrected chi connectivity index (χ2v) is 6.88. The van der Waals surface area contributed by atoms with Gasteiger partial charge in [-0.15, -0.1) is 0 Å². The van der Waals surface area contributed by atoms with Crippen molar-refractivity contribution in [1.82, 2.24) is 0 Å². The summed E-state index contributed by atoms with van der Waals surface area (Å²) in [6.07, 6.45) is 0. The number of hydrogen-bond donors (Lipinski definition) is 1. The maximum Gasteiger partial charge on any atom is 0.255 e. The number of halogens is 1. The fraction of sp³-hybridized carbons (Fsp3) is 0.174. The summed E-state index contributed by atoms with van der Waals surface area (Å²) in [6.45, 7) is 4.80. The van der Waals surface area contributed by atoms with Crippen LogP contribution < -0.4 is 14.8 Å². The molecule has 0 radical (unpaired) electrons. The van der Waals surface area contributed by atoms with Crippen LogP contribution in [-0.4, -0.2) is 19.1 Å². The average Bonchev–Trinajstić information content (AvgIpc) is 2.69. The van der Waals surface area contributed by atoms with Crippen molar-refractivity contribution in [2.24, 2.45) is 0 Å². The first kappa shape index (κ1) is 19.8. The summed E-state index contributed by atoms with van der Waals surface area (Å²) < 4.78 is 11.3. The van der Waals surface area contributed by atoms with Crippen LogP contribution in [0, 0.1) is 13.8 Å². The van der Waals surface area contributed by atoms with Crippen LogP contribution in [0.1, 0.15) is 21.5 Å². The van der Waals surface area contributed by atoms with E-state index in [2.05, 4.69) is 5.32 Å². The van der Waals surface area contributed by atoms with Crippen LogP contribution in [0.4, 0.5) is 5.69 Å². The lowest BCUT2D eigenvalue weighted by molar-refractivity contribution is 0.102. The van der Waals surface area contributed by atoms with Crippen LogP contribution >= 0.6 is 11.6 Å². The zero-order valence-corrected chi connectivity index (χ0v) is 16.6. The standard InChI is InChI=1S/C23H22ClNO3/c1-16-3-8-20(9-4-16)27-13-14-28-21-10-5-18(6-11-21)23(26)25-22-12-7-19(24)15-17(22)2/h3-12,15H,13-14H2,1-2H3,(H,25,26). The number of hydrogen-bond acceptors (Lipinski definition) is 3. The van der Waals surface area contributed by atoms with Crippen LogP contribution in [0.15, 0.2) is 66.7 Å². The van der Waals surface area contributed by atoms with Gasteiger partial charge < -0.3 is 14.8 Å². The fourth-order valence-corrected chi connectivity index (χ4v) is 2.84. The normalized spacial score (nSPS) is 10.4. The van der Waals surface area contributed by atoms with E-state index in [4.69, 9.17) is 21.1 Å². The zero-order valence-electron chi connectivity index (χ0n) is 15.9. The Bertz CT molecular complexity index is 937. The van der Waals surface area contributed by atoms with Crippen molar-refractivity contribution in [2.75, 3.05) is 18.5 Å². The molecule has 28 heavy (non-hydrogen) atoms. The second kappa shape index (κ2) is 9.29. The lowest BCUT2D eigenvalue weighted by Crippen LogP contribution is -2.13. The minimum absolute atomic E-state index is 0.181. The van der Waals surface area contributed by atoms with Gasteiger partial charge in [0, 0.05) is 16.3 Å². The van der Waals surface area contributed by atoms with E-state index in [0.29, 0.717) is 29.5 Å². The quantitative estimate of drug-likeness (QED) is 0.524. The molecule has 0 spiro atoms. The van der Waals surface area contributed by atoms with Gasteiger partial charge in [-0.1, -0.05) is 29.3 Å². The van der Waals surface area contributed by atoms with Gasteiger partial charge in [-0.3, -0.25) is 4.79 Å². The molecule has 1 N–H and O–H groups in total. The fourth-order valence-electron chi connectivity index (χ4n) is 2.62. The molecule has 0 atom stereocenters. The smallest absolute Gasteiger partial charge is 0.255 e. The van der Waals surface area contributed by atoms with E-state index in [-0.39, 0.29) is 5.91 Å². The number of nitrogens with one attached hydrogen (secondary N) is 1. The number of amides is 1. The molecule has 4 nitrogen and oxygen atoms in total. The Morgan fingerprint density at radius 2 is 1.43 bits per heavy atom. The predicted octanol–water partition coefficient (Wildman–Crippen LogP) is 5.67. The molecule has 0 heterocycles. The number of ether oxygens (including phenoxy) is 2. The zero-order chi connectivity index (χ0) is 19.9. The van der Waals surface area contributed by atoms with Gasteiger partial charge in [0.05, 0.1) is 0 Å². The minimum atomic E-state index is -0.181. The van der Waals surface area contributed by atoms with Gasteiger partial charge >= 0.3 is 0 Å². The summed E-state index contributed by atoms with van der Waals surface area (Å²) in [4.78, 5) is 12.4. The highest BCUT2D eigenvalue weighted by Gasteiger charge is 2.08. The molecule has 3 rings (SSSR count). The first-order chi connectivity index (χ1) is 13.5. The third kappa shape index (κ3) is 5.51. The summed E-state index contributed by atoms with van der Waals surface area (Å²) in [5.74, 6) is 1.32. The SMILES string of the molecule is Cc1ccc(OCCOc2ccc(C(=O)Nc3ccc(Cl)cc3C)cc2)cc1. The van der Waals surface area contributed by atoms with Gasteiger partial charge in [0.25, 0.3) is 5.91 Å². The molecule has 5 heteroatoms. The average molecular weight is 396 g/mol. The van der Waals surface area contributed by atoms with Crippen LogP contribution in [-0.2, 0) is 0 Å². The van der Waals surface area contributed by atoms with Gasteiger partial charge in [-0.05, 0) is 74.0 Å². The van der Waals surface area contributed by atoms with Crippen molar-refractivity contribution in [3.05, 3.63) is 88.4 Å². The number of benzene rings is 3. The molecule has 144 valence electrons. The Morgan fingerprint density at radius 3 is 2.00 bits per heavy atom. The lowest BCUT2D eigenvalue weighted by Gasteiger charge is -2.10. The summed E-state index contributed by atoms with van der Waals surface area (Å²) in [7, 11) is 0. The molecule has 0 aliphatic rings. The van der Waals surface area contributed by atoms with Crippen LogP contribution in [0.5, 0.6) is 11.5 Å². The van der Waals surface area contributed by atoms with Gasteiger partial charge in [0.15, 0.2) is 0 Å². The first-order valence-electron chi connectivity index (χ1n) is 9.01. The Balaban J connectivity index is 1.48. The molecule has 0 aliphatic heterocycles. The molecular formula is C23H22ClNO3. The topological polar surface area (TPSA) is 47.6 Å². The Morgan fingerprint density at radius 1 is 0.857 bits per heavy atom. The van der Waals surface area contributed by atoms with E-state index in [9.17, 15) is 4.79 Å². The molecular weight excluding hydrogens is 374 g/mol. The maximum absolute atomic E-state index is 12.4. The molecule has 0 fully saturated rings. The van der Waals surface area contributed by atoms with Crippen molar-refractivity contribution < 1.29 is 14.3 Å². The monoisotopic (exact) mass is 395 g/mol. The Labute approximate surface area is 170 Å². The first-order valence-corrected chi connectivity index (χ1v) is 9.39. The predicted molar refractivity (Wildman–Crippen MR) is 113 cm³/mol. The van der Waals surface area contributed by atoms with Crippen molar-refractivity contribution in [2.45, 2.75) is 13.8 Å². The van der Waals surface area contributed by atoms with Crippen LogP contribution in [0.3, 0.4) is 0 Å². The number of aryl methyl sites for hydroxylation is 2. The maximum atomic E-state index is 12.4. The van der Waals surface area contributed by atoms with Crippen molar-refractivity contribution in [3.63, 3.8) is 0 Å². The Kier molecular flexibility index (Phi) is 6.56. The Hall–Kier alpha value is -2.98. The third-order valence-electron chi connectivity index (χ3n) is 4.19. The number of carbonyl (C=O) groups is 1. The van der Waals surface area contributed by atoms with E-state index in [1.807, 2.05) is 44.2 Å². The van der Waals surface area contributed by atoms with Crippen molar-refractivity contribution >= 4 is 23.2 Å². The highest BCUT2D eigenvalue weighted by molar-refractivity contribution is 6.30. The number of carbonyl (C=O) groups excluding carboxylic acids is 1. The number of anilines is 1. The second-order valence-electron chi connectivity index (χ2n) is 6.45. The van der Waals surface area contributed by atoms with Crippen molar-refractivity contribution in [1.29, 1.82) is 0 Å². The summed E-state index contributed by atoms with van der Waals surface area (Å²) in [5, 5.41) is 3.53. The van der Waals surface area contributed by atoms with Gasteiger partial charge in [0.2, 0.25) is 0 Å². The van der Waals surface area contributed by atoms with Crippen LogP contribution in [0.25, 0.3) is 0 Å². The third-order valence-corrected chi connectivity index (χ3v) is 4.43. The summed E-state index contributed by atoms with van der Waals surface area (Å²) >= 11 is 5.95. The summed E-state index contributed by atoms with van der Waals surface area (Å²) in [5.41, 5.74) is 3.40. The minimum Gasteiger partial charge on any atom is -0.490 e. The molecule has 0 aliphatic carbocycles. The van der Waals surface area contributed by atoms with Gasteiger partial charge in [0.1, 0.15) is 24.7 Å². The lowest BCUT2D eigenvalue weighted by atomic mass is 10.1. The van der Waals surface area contributed by atoms with E-state index >= 15 is 0 Å². The highest BCUT2D eigenvalue weighted by atomic mass is 35.5. The summed E-state index contributed by atoms with van der Waals surface area (Å²) in [6, 6.07) is 20.2. The largest absolute Gasteiger partial charge is 0.490 e. The molecule has 0 saturated heterocycles. The molecule has 1 amide bonds. The molecule has 0 aromatic heterocycles.